The number of methoxy groups -OCH3 is 1. The van der Waals surface area contributed by atoms with E-state index in [2.05, 4.69) is 45.1 Å². The predicted octanol–water partition coefficient (Wildman–Crippen LogP) is 6.91. The number of hydrogen-bond acceptors (Lipinski definition) is 8. The SMILES string of the molecule is CCOC(=O)N(CC)C(=O)COc1c(C(=O)OC)sc(-c2cccc(NC3CC(C)(C)CC(C)(C)C3)c2)c1C. The Morgan fingerprint density at radius 2 is 1.77 bits per heavy atom. The van der Waals surface area contributed by atoms with Gasteiger partial charge < -0.3 is 19.5 Å². The molecule has 8 nitrogen and oxygen atoms in total. The Bertz CT molecular complexity index is 1190. The van der Waals surface area contributed by atoms with Crippen molar-refractivity contribution < 1.29 is 28.6 Å². The number of esters is 1. The summed E-state index contributed by atoms with van der Waals surface area (Å²) in [7, 11) is 1.31. The lowest BCUT2D eigenvalue weighted by atomic mass is 9.63. The van der Waals surface area contributed by atoms with Gasteiger partial charge in [0.15, 0.2) is 11.5 Å². The summed E-state index contributed by atoms with van der Waals surface area (Å²) in [6, 6.07) is 8.50. The summed E-state index contributed by atoms with van der Waals surface area (Å²) in [4.78, 5) is 39.5. The summed E-state index contributed by atoms with van der Waals surface area (Å²) in [5, 5.41) is 3.74. The Labute approximate surface area is 236 Å². The number of rotatable bonds is 9. The van der Waals surface area contributed by atoms with Crippen LogP contribution in [0.15, 0.2) is 24.3 Å². The van der Waals surface area contributed by atoms with Crippen LogP contribution in [-0.4, -0.2) is 55.8 Å². The Hall–Kier alpha value is -3.07. The van der Waals surface area contributed by atoms with Crippen molar-refractivity contribution in [2.24, 2.45) is 10.8 Å². The predicted molar refractivity (Wildman–Crippen MR) is 155 cm³/mol. The summed E-state index contributed by atoms with van der Waals surface area (Å²) < 4.78 is 15.8. The number of imide groups is 1. The average molecular weight is 559 g/mol. The zero-order chi connectivity index (χ0) is 29.0. The maximum absolute atomic E-state index is 12.7. The van der Waals surface area contributed by atoms with E-state index in [0.29, 0.717) is 6.04 Å². The largest absolute Gasteiger partial charge is 0.482 e. The molecule has 1 fully saturated rings. The van der Waals surface area contributed by atoms with Gasteiger partial charge in [0.25, 0.3) is 5.91 Å². The summed E-state index contributed by atoms with van der Waals surface area (Å²) in [6.07, 6.45) is 2.66. The number of nitrogens with one attached hydrogen (secondary N) is 1. The van der Waals surface area contributed by atoms with E-state index in [9.17, 15) is 14.4 Å². The van der Waals surface area contributed by atoms with Crippen molar-refractivity contribution in [3.63, 3.8) is 0 Å². The van der Waals surface area contributed by atoms with Gasteiger partial charge in [-0.1, -0.05) is 39.8 Å². The van der Waals surface area contributed by atoms with Crippen LogP contribution in [-0.2, 0) is 14.3 Å². The highest BCUT2D eigenvalue weighted by molar-refractivity contribution is 7.18. The van der Waals surface area contributed by atoms with E-state index in [4.69, 9.17) is 14.2 Å². The molecule has 3 rings (SSSR count). The second-order valence-corrected chi connectivity index (χ2v) is 12.7. The fourth-order valence-corrected chi connectivity index (χ4v) is 7.10. The molecule has 2 amide bonds. The van der Waals surface area contributed by atoms with Crippen molar-refractivity contribution in [3.05, 3.63) is 34.7 Å². The van der Waals surface area contributed by atoms with E-state index in [0.717, 1.165) is 39.4 Å². The summed E-state index contributed by atoms with van der Waals surface area (Å²) in [5.74, 6) is -0.816. The highest BCUT2D eigenvalue weighted by atomic mass is 32.1. The zero-order valence-corrected chi connectivity index (χ0v) is 25.3. The lowest BCUT2D eigenvalue weighted by Crippen LogP contribution is -2.40. The van der Waals surface area contributed by atoms with Gasteiger partial charge in [0.1, 0.15) is 5.75 Å². The Morgan fingerprint density at radius 3 is 2.36 bits per heavy atom. The molecular weight excluding hydrogens is 516 g/mol. The molecule has 0 atom stereocenters. The number of carbonyl (C=O) groups is 3. The Balaban J connectivity index is 1.86. The molecule has 0 spiro atoms. The molecule has 0 unspecified atom stereocenters. The van der Waals surface area contributed by atoms with Gasteiger partial charge in [0, 0.05) is 28.7 Å². The fraction of sp³-hybridized carbons (Fsp3) is 0.567. The molecule has 1 N–H and O–H groups in total. The molecular formula is C30H42N2O6S. The molecule has 1 heterocycles. The Kier molecular flexibility index (Phi) is 9.69. The maximum Gasteiger partial charge on any atom is 0.416 e. The van der Waals surface area contributed by atoms with E-state index in [-0.39, 0.29) is 34.6 Å². The third-order valence-electron chi connectivity index (χ3n) is 6.96. The molecule has 0 aliphatic heterocycles. The van der Waals surface area contributed by atoms with Gasteiger partial charge in [-0.25, -0.2) is 14.5 Å². The lowest BCUT2D eigenvalue weighted by Gasteiger charge is -2.45. The number of carbonyl (C=O) groups excluding carboxylic acids is 3. The third-order valence-corrected chi connectivity index (χ3v) is 8.26. The number of amides is 2. The van der Waals surface area contributed by atoms with E-state index in [1.54, 1.807) is 13.8 Å². The summed E-state index contributed by atoms with van der Waals surface area (Å²) in [5.41, 5.74) is 3.21. The zero-order valence-electron chi connectivity index (χ0n) is 24.4. The fourth-order valence-electron chi connectivity index (χ4n) is 5.93. The molecule has 0 bridgehead atoms. The minimum atomic E-state index is -0.724. The van der Waals surface area contributed by atoms with Crippen LogP contribution in [0.2, 0.25) is 0 Å². The molecule has 0 radical (unpaired) electrons. The van der Waals surface area contributed by atoms with Gasteiger partial charge in [-0.2, -0.15) is 0 Å². The number of thiophene rings is 1. The van der Waals surface area contributed by atoms with Crippen LogP contribution in [0.3, 0.4) is 0 Å². The van der Waals surface area contributed by atoms with Gasteiger partial charge >= 0.3 is 12.1 Å². The van der Waals surface area contributed by atoms with Gasteiger partial charge in [-0.3, -0.25) is 4.79 Å². The van der Waals surface area contributed by atoms with Crippen LogP contribution in [0, 0.1) is 17.8 Å². The first-order chi connectivity index (χ1) is 18.3. The quantitative estimate of drug-likeness (QED) is 0.334. The van der Waals surface area contributed by atoms with Crippen LogP contribution < -0.4 is 10.1 Å². The second-order valence-electron chi connectivity index (χ2n) is 11.7. The third kappa shape index (κ3) is 7.53. The highest BCUT2D eigenvalue weighted by Gasteiger charge is 2.38. The van der Waals surface area contributed by atoms with Gasteiger partial charge in [-0.05, 0) is 68.6 Å². The van der Waals surface area contributed by atoms with Gasteiger partial charge in [-0.15, -0.1) is 11.3 Å². The van der Waals surface area contributed by atoms with E-state index in [1.807, 2.05) is 19.1 Å². The summed E-state index contributed by atoms with van der Waals surface area (Å²) >= 11 is 1.26. The van der Waals surface area contributed by atoms with Crippen molar-refractivity contribution in [2.75, 3.05) is 32.2 Å². The number of benzene rings is 1. The maximum atomic E-state index is 12.7. The minimum Gasteiger partial charge on any atom is -0.482 e. The van der Waals surface area contributed by atoms with Gasteiger partial charge in [0.2, 0.25) is 0 Å². The van der Waals surface area contributed by atoms with Gasteiger partial charge in [0.05, 0.1) is 13.7 Å². The molecule has 39 heavy (non-hydrogen) atoms. The average Bonchev–Trinajstić information content (AvgIpc) is 3.17. The standard InChI is InChI=1S/C30H42N2O6S/c1-9-32(28(35)37-10-2)23(33)17-38-24-19(3)25(39-26(24)27(34)36-8)20-12-11-13-21(14-20)31-22-15-29(4,5)18-30(6,7)16-22/h11-14,22,31H,9-10,15-18H2,1-8H3. The number of ether oxygens (including phenoxy) is 3. The molecule has 1 aromatic carbocycles. The Morgan fingerprint density at radius 1 is 1.10 bits per heavy atom. The van der Waals surface area contributed by atoms with E-state index < -0.39 is 24.6 Å². The normalized spacial score (nSPS) is 16.3. The van der Waals surface area contributed by atoms with Crippen LogP contribution in [0.1, 0.15) is 76.0 Å². The first kappa shape index (κ1) is 30.5. The lowest BCUT2D eigenvalue weighted by molar-refractivity contribution is -0.131. The van der Waals surface area contributed by atoms with Crippen LogP contribution >= 0.6 is 11.3 Å². The molecule has 0 saturated heterocycles. The van der Waals surface area contributed by atoms with Crippen molar-refractivity contribution in [3.8, 4) is 16.2 Å². The molecule has 9 heteroatoms. The molecule has 2 aromatic rings. The first-order valence-corrected chi connectivity index (χ1v) is 14.3. The monoisotopic (exact) mass is 558 g/mol. The van der Waals surface area contributed by atoms with Crippen LogP contribution in [0.4, 0.5) is 10.5 Å². The van der Waals surface area contributed by atoms with E-state index >= 15 is 0 Å². The van der Waals surface area contributed by atoms with Crippen molar-refractivity contribution in [1.82, 2.24) is 4.90 Å². The smallest absolute Gasteiger partial charge is 0.416 e. The van der Waals surface area contributed by atoms with Crippen molar-refractivity contribution >= 4 is 35.0 Å². The number of likely N-dealkylation sites (N-methyl/N-ethyl adjacent to an activating group) is 1. The first-order valence-electron chi connectivity index (χ1n) is 13.5. The van der Waals surface area contributed by atoms with Crippen molar-refractivity contribution in [1.29, 1.82) is 0 Å². The number of hydrogen-bond donors (Lipinski definition) is 1. The number of anilines is 1. The van der Waals surface area contributed by atoms with Crippen LogP contribution in [0.25, 0.3) is 10.4 Å². The molecule has 1 aliphatic rings. The highest BCUT2D eigenvalue weighted by Crippen LogP contribution is 2.47. The molecule has 1 saturated carbocycles. The second kappa shape index (κ2) is 12.4. The van der Waals surface area contributed by atoms with Crippen molar-refractivity contribution in [2.45, 2.75) is 73.8 Å². The number of nitrogens with zero attached hydrogens (tertiary/aromatic N) is 1. The summed E-state index contributed by atoms with van der Waals surface area (Å²) in [6.45, 7) is 14.4. The minimum absolute atomic E-state index is 0.147. The van der Waals surface area contributed by atoms with E-state index in [1.165, 1.54) is 24.9 Å². The molecule has 1 aliphatic carbocycles. The molecule has 214 valence electrons. The van der Waals surface area contributed by atoms with Crippen LogP contribution in [0.5, 0.6) is 5.75 Å². The molecule has 1 aromatic heterocycles. The topological polar surface area (TPSA) is 94.2 Å².